The predicted molar refractivity (Wildman–Crippen MR) is 70.5 cm³/mol. The largest absolute Gasteiger partial charge is 0.367 e. The van der Waals surface area contributed by atoms with Gasteiger partial charge in [0.15, 0.2) is 0 Å². The summed E-state index contributed by atoms with van der Waals surface area (Å²) in [5.74, 6) is 0.619. The molecule has 2 rings (SSSR count). The number of ether oxygens (including phenoxy) is 1. The maximum atomic E-state index is 11.8. The summed E-state index contributed by atoms with van der Waals surface area (Å²) < 4.78 is 5.51. The van der Waals surface area contributed by atoms with Crippen molar-refractivity contribution >= 4 is 11.7 Å². The third-order valence-corrected chi connectivity index (χ3v) is 2.96. The van der Waals surface area contributed by atoms with E-state index < -0.39 is 0 Å². The lowest BCUT2D eigenvalue weighted by molar-refractivity contribution is -0.131. The van der Waals surface area contributed by atoms with Gasteiger partial charge in [-0.2, -0.15) is 0 Å². The molecule has 0 saturated carbocycles. The topological polar surface area (TPSA) is 102 Å². The number of hydrogen-bond donors (Lipinski definition) is 3. The highest BCUT2D eigenvalue weighted by Gasteiger charge is 2.29. The van der Waals surface area contributed by atoms with Gasteiger partial charge in [0.2, 0.25) is 5.91 Å². The van der Waals surface area contributed by atoms with Crippen LogP contribution in [0.25, 0.3) is 0 Å². The Bertz CT molecular complexity index is 400. The fourth-order valence-electron chi connectivity index (χ4n) is 1.95. The zero-order valence-electron chi connectivity index (χ0n) is 10.7. The molecule has 1 aromatic rings. The van der Waals surface area contributed by atoms with E-state index in [9.17, 15) is 4.79 Å². The van der Waals surface area contributed by atoms with E-state index in [0.29, 0.717) is 25.5 Å². The van der Waals surface area contributed by atoms with E-state index in [2.05, 4.69) is 20.6 Å². The van der Waals surface area contributed by atoms with Crippen molar-refractivity contribution in [2.45, 2.75) is 25.0 Å². The quantitative estimate of drug-likeness (QED) is 0.600. The van der Waals surface area contributed by atoms with Gasteiger partial charge in [-0.15, -0.1) is 0 Å². The number of anilines is 1. The number of amides is 1. The van der Waals surface area contributed by atoms with Gasteiger partial charge in [-0.3, -0.25) is 9.78 Å². The molecule has 1 aromatic heterocycles. The van der Waals surface area contributed by atoms with Gasteiger partial charge in [0.1, 0.15) is 11.9 Å². The highest BCUT2D eigenvalue weighted by molar-refractivity contribution is 5.81. The third-order valence-electron chi connectivity index (χ3n) is 2.96. The Morgan fingerprint density at radius 3 is 3.00 bits per heavy atom. The number of nitrogens with zero attached hydrogens (tertiary/aromatic N) is 2. The first-order chi connectivity index (χ1) is 9.29. The molecular formula is C12H19N5O2. The van der Waals surface area contributed by atoms with Crippen LogP contribution in [0.15, 0.2) is 18.6 Å². The summed E-state index contributed by atoms with van der Waals surface area (Å²) in [6.07, 6.45) is 6.11. The van der Waals surface area contributed by atoms with Gasteiger partial charge in [-0.25, -0.2) is 4.98 Å². The van der Waals surface area contributed by atoms with Gasteiger partial charge >= 0.3 is 0 Å². The first-order valence-electron chi connectivity index (χ1n) is 6.42. The Kier molecular flexibility index (Phi) is 5.05. The van der Waals surface area contributed by atoms with Crippen molar-refractivity contribution in [1.29, 1.82) is 0 Å². The van der Waals surface area contributed by atoms with Crippen molar-refractivity contribution in [3.63, 3.8) is 0 Å². The van der Waals surface area contributed by atoms with E-state index in [-0.39, 0.29) is 18.1 Å². The first kappa shape index (κ1) is 13.7. The molecule has 1 amide bonds. The first-order valence-corrected chi connectivity index (χ1v) is 6.42. The molecule has 0 bridgehead atoms. The fourth-order valence-corrected chi connectivity index (χ4v) is 1.95. The van der Waals surface area contributed by atoms with Crippen LogP contribution in [-0.2, 0) is 9.53 Å². The van der Waals surface area contributed by atoms with Crippen molar-refractivity contribution in [2.24, 2.45) is 5.73 Å². The van der Waals surface area contributed by atoms with Crippen LogP contribution < -0.4 is 16.4 Å². The minimum absolute atomic E-state index is 0.0217. The van der Waals surface area contributed by atoms with Crippen molar-refractivity contribution < 1.29 is 9.53 Å². The number of rotatable bonds is 6. The van der Waals surface area contributed by atoms with Gasteiger partial charge in [0.05, 0.1) is 12.3 Å². The molecule has 0 radical (unpaired) electrons. The Morgan fingerprint density at radius 2 is 2.32 bits per heavy atom. The SMILES string of the molecule is NC[C@H]1CC[C@@H](C(=O)NCCNc2cnccn2)O1. The lowest BCUT2D eigenvalue weighted by atomic mass is 10.2. The molecule has 1 fully saturated rings. The molecule has 104 valence electrons. The summed E-state index contributed by atoms with van der Waals surface area (Å²) in [6.45, 7) is 1.58. The van der Waals surface area contributed by atoms with E-state index in [1.54, 1.807) is 18.6 Å². The fraction of sp³-hybridized carbons (Fsp3) is 0.583. The average molecular weight is 265 g/mol. The van der Waals surface area contributed by atoms with Crippen LogP contribution in [0.2, 0.25) is 0 Å². The van der Waals surface area contributed by atoms with Crippen LogP contribution in [0.4, 0.5) is 5.82 Å². The average Bonchev–Trinajstić information content (AvgIpc) is 2.93. The predicted octanol–water partition coefficient (Wildman–Crippen LogP) is -0.489. The summed E-state index contributed by atoms with van der Waals surface area (Å²) in [4.78, 5) is 19.8. The molecule has 1 aliphatic rings. The normalized spacial score (nSPS) is 22.2. The second kappa shape index (κ2) is 7.01. The van der Waals surface area contributed by atoms with Crippen LogP contribution in [-0.4, -0.2) is 47.7 Å². The lowest BCUT2D eigenvalue weighted by Crippen LogP contribution is -2.37. The molecular weight excluding hydrogens is 246 g/mol. The van der Waals surface area contributed by atoms with Crippen LogP contribution in [0.3, 0.4) is 0 Å². The van der Waals surface area contributed by atoms with Crippen LogP contribution in [0.5, 0.6) is 0 Å². The minimum Gasteiger partial charge on any atom is -0.367 e. The Hall–Kier alpha value is -1.73. The van der Waals surface area contributed by atoms with E-state index in [1.165, 1.54) is 0 Å². The van der Waals surface area contributed by atoms with Gasteiger partial charge < -0.3 is 21.1 Å². The van der Waals surface area contributed by atoms with Crippen molar-refractivity contribution in [3.8, 4) is 0 Å². The van der Waals surface area contributed by atoms with Crippen molar-refractivity contribution in [2.75, 3.05) is 25.0 Å². The summed E-state index contributed by atoms with van der Waals surface area (Å²) in [6, 6.07) is 0. The standard InChI is InChI=1S/C12H19N5O2/c13-7-9-1-2-10(19-9)12(18)17-6-5-16-11-8-14-3-4-15-11/h3-4,8-10H,1-2,5-7,13H2,(H,15,16)(H,17,18)/t9-,10+/m1/s1. The number of nitrogens with two attached hydrogens (primary N) is 1. The van der Waals surface area contributed by atoms with E-state index in [4.69, 9.17) is 10.5 Å². The molecule has 7 heteroatoms. The molecule has 1 aliphatic heterocycles. The number of carbonyl (C=O) groups is 1. The monoisotopic (exact) mass is 265 g/mol. The second-order valence-electron chi connectivity index (χ2n) is 4.37. The molecule has 0 spiro atoms. The van der Waals surface area contributed by atoms with E-state index in [1.807, 2.05) is 0 Å². The van der Waals surface area contributed by atoms with Gasteiger partial charge in [-0.1, -0.05) is 0 Å². The molecule has 0 aromatic carbocycles. The van der Waals surface area contributed by atoms with Gasteiger partial charge in [0.25, 0.3) is 0 Å². The highest BCUT2D eigenvalue weighted by atomic mass is 16.5. The van der Waals surface area contributed by atoms with Gasteiger partial charge in [-0.05, 0) is 12.8 Å². The van der Waals surface area contributed by atoms with Crippen LogP contribution >= 0.6 is 0 Å². The van der Waals surface area contributed by atoms with E-state index in [0.717, 1.165) is 12.8 Å². The number of nitrogens with one attached hydrogen (secondary N) is 2. The summed E-state index contributed by atoms with van der Waals surface area (Å²) in [7, 11) is 0. The highest BCUT2D eigenvalue weighted by Crippen LogP contribution is 2.18. The smallest absolute Gasteiger partial charge is 0.249 e. The summed E-state index contributed by atoms with van der Waals surface area (Å²) in [5.41, 5.74) is 5.50. The Morgan fingerprint density at radius 1 is 1.42 bits per heavy atom. The number of aromatic nitrogens is 2. The van der Waals surface area contributed by atoms with Crippen molar-refractivity contribution in [1.82, 2.24) is 15.3 Å². The number of hydrogen-bond acceptors (Lipinski definition) is 6. The maximum Gasteiger partial charge on any atom is 0.249 e. The van der Waals surface area contributed by atoms with Crippen LogP contribution in [0, 0.1) is 0 Å². The molecule has 4 N–H and O–H groups in total. The van der Waals surface area contributed by atoms with Crippen molar-refractivity contribution in [3.05, 3.63) is 18.6 Å². The van der Waals surface area contributed by atoms with E-state index >= 15 is 0 Å². The molecule has 2 atom stereocenters. The molecule has 0 aliphatic carbocycles. The third kappa shape index (κ3) is 4.15. The molecule has 2 heterocycles. The summed E-state index contributed by atoms with van der Waals surface area (Å²) in [5, 5.41) is 5.89. The molecule has 7 nitrogen and oxygen atoms in total. The minimum atomic E-state index is -0.356. The molecule has 1 saturated heterocycles. The zero-order chi connectivity index (χ0) is 13.5. The Labute approximate surface area is 111 Å². The summed E-state index contributed by atoms with van der Waals surface area (Å²) >= 11 is 0. The molecule has 0 unspecified atom stereocenters. The lowest BCUT2D eigenvalue weighted by Gasteiger charge is -2.13. The van der Waals surface area contributed by atoms with Gasteiger partial charge in [0, 0.05) is 32.0 Å². The molecule has 19 heavy (non-hydrogen) atoms. The second-order valence-corrected chi connectivity index (χ2v) is 4.37. The Balaban J connectivity index is 1.62. The maximum absolute atomic E-state index is 11.8. The van der Waals surface area contributed by atoms with Crippen LogP contribution in [0.1, 0.15) is 12.8 Å². The zero-order valence-corrected chi connectivity index (χ0v) is 10.7. The number of carbonyl (C=O) groups excluding carboxylic acids is 1.